The van der Waals surface area contributed by atoms with Crippen LogP contribution in [0.3, 0.4) is 0 Å². The Morgan fingerprint density at radius 3 is 2.32 bits per heavy atom. The summed E-state index contributed by atoms with van der Waals surface area (Å²) in [5.74, 6) is 1.23. The van der Waals surface area contributed by atoms with Gasteiger partial charge in [0.2, 0.25) is 0 Å². The predicted molar refractivity (Wildman–Crippen MR) is 139 cm³/mol. The molecule has 5 heteroatoms. The van der Waals surface area contributed by atoms with Crippen LogP contribution in [0.15, 0.2) is 103 Å². The Balaban J connectivity index is 1.50. The summed E-state index contributed by atoms with van der Waals surface area (Å²) in [5, 5.41) is 0.687. The molecule has 1 heterocycles. The van der Waals surface area contributed by atoms with E-state index < -0.39 is 0 Å². The Hall–Kier alpha value is -3.96. The lowest BCUT2D eigenvalue weighted by molar-refractivity contribution is 0.0985. The van der Waals surface area contributed by atoms with E-state index in [2.05, 4.69) is 19.1 Å². The first-order valence-corrected chi connectivity index (χ1v) is 12.1. The summed E-state index contributed by atoms with van der Waals surface area (Å²) in [5.41, 5.74) is 3.76. The second-order valence-electron chi connectivity index (χ2n) is 7.97. The van der Waals surface area contributed by atoms with E-state index in [9.17, 15) is 4.79 Å². The third-order valence-electron chi connectivity index (χ3n) is 5.57. The molecular formula is C29H24N2O2S. The van der Waals surface area contributed by atoms with Gasteiger partial charge in [0, 0.05) is 5.56 Å². The Morgan fingerprint density at radius 1 is 0.824 bits per heavy atom. The molecule has 0 bridgehead atoms. The zero-order valence-corrected chi connectivity index (χ0v) is 19.7. The van der Waals surface area contributed by atoms with Crippen molar-refractivity contribution in [3.05, 3.63) is 120 Å². The number of ether oxygens (including phenoxy) is 1. The Labute approximate surface area is 203 Å². The van der Waals surface area contributed by atoms with Crippen LogP contribution in [0.25, 0.3) is 10.2 Å². The van der Waals surface area contributed by atoms with Gasteiger partial charge >= 0.3 is 0 Å². The number of carbonyl (C=O) groups is 1. The molecule has 0 aliphatic heterocycles. The smallest absolute Gasteiger partial charge is 0.260 e. The first kappa shape index (κ1) is 21.9. The number of anilines is 1. The van der Waals surface area contributed by atoms with Crippen molar-refractivity contribution in [3.63, 3.8) is 0 Å². The number of aromatic nitrogens is 1. The van der Waals surface area contributed by atoms with Crippen LogP contribution in [0.1, 0.15) is 28.4 Å². The molecule has 4 aromatic carbocycles. The van der Waals surface area contributed by atoms with Crippen LogP contribution in [0.4, 0.5) is 5.13 Å². The van der Waals surface area contributed by atoms with Crippen molar-refractivity contribution >= 4 is 32.6 Å². The van der Waals surface area contributed by atoms with Gasteiger partial charge in [-0.2, -0.15) is 0 Å². The summed E-state index contributed by atoms with van der Waals surface area (Å²) in [4.78, 5) is 20.4. The molecule has 0 radical (unpaired) electrons. The van der Waals surface area contributed by atoms with Gasteiger partial charge in [-0.05, 0) is 60.0 Å². The van der Waals surface area contributed by atoms with Gasteiger partial charge in [0.25, 0.3) is 5.91 Å². The Morgan fingerprint density at radius 2 is 1.56 bits per heavy atom. The van der Waals surface area contributed by atoms with Gasteiger partial charge in [-0.3, -0.25) is 9.69 Å². The maximum atomic E-state index is 13.8. The highest BCUT2D eigenvalue weighted by molar-refractivity contribution is 7.22. The van der Waals surface area contributed by atoms with Crippen molar-refractivity contribution in [1.82, 2.24) is 4.98 Å². The van der Waals surface area contributed by atoms with Crippen LogP contribution in [-0.4, -0.2) is 10.9 Å². The molecule has 34 heavy (non-hydrogen) atoms. The highest BCUT2D eigenvalue weighted by atomic mass is 32.1. The number of aryl methyl sites for hydroxylation is 1. The molecule has 5 aromatic rings. The lowest BCUT2D eigenvalue weighted by Crippen LogP contribution is -2.30. The molecule has 0 aliphatic carbocycles. The molecule has 0 aliphatic rings. The molecule has 0 saturated carbocycles. The number of nitrogens with zero attached hydrogens (tertiary/aromatic N) is 2. The lowest BCUT2D eigenvalue weighted by atomic mass is 10.1. The first-order valence-electron chi connectivity index (χ1n) is 11.3. The van der Waals surface area contributed by atoms with Crippen LogP contribution in [0.2, 0.25) is 0 Å². The minimum absolute atomic E-state index is 0.114. The fraction of sp³-hybridized carbons (Fsp3) is 0.103. The van der Waals surface area contributed by atoms with Crippen LogP contribution in [0, 0.1) is 0 Å². The molecule has 0 atom stereocenters. The quantitative estimate of drug-likeness (QED) is 0.250. The third-order valence-corrected chi connectivity index (χ3v) is 6.61. The SMILES string of the molecule is CCc1ccc2nc(N(Cc3ccccc3)C(=O)c3cccc(Oc4ccccc4)c3)sc2c1. The molecule has 0 N–H and O–H groups in total. The van der Waals surface area contributed by atoms with Crippen molar-refractivity contribution in [1.29, 1.82) is 0 Å². The standard InChI is InChI=1S/C29H24N2O2S/c1-2-21-16-17-26-27(18-21)34-29(30-26)31(20-22-10-5-3-6-11-22)28(32)23-12-9-15-25(19-23)33-24-13-7-4-8-14-24/h3-19H,2,20H2,1H3. The van der Waals surface area contributed by atoms with Crippen LogP contribution in [0.5, 0.6) is 11.5 Å². The van der Waals surface area contributed by atoms with E-state index in [0.29, 0.717) is 23.0 Å². The number of carbonyl (C=O) groups excluding carboxylic acids is 1. The fourth-order valence-corrected chi connectivity index (χ4v) is 4.78. The average molecular weight is 465 g/mol. The monoisotopic (exact) mass is 464 g/mol. The van der Waals surface area contributed by atoms with Gasteiger partial charge in [-0.25, -0.2) is 4.98 Å². The summed E-state index contributed by atoms with van der Waals surface area (Å²) in [6.45, 7) is 2.57. The van der Waals surface area contributed by atoms with E-state index in [1.54, 1.807) is 22.3 Å². The van der Waals surface area contributed by atoms with Gasteiger partial charge in [0.15, 0.2) is 5.13 Å². The molecule has 0 spiro atoms. The summed E-state index contributed by atoms with van der Waals surface area (Å²) in [6.07, 6.45) is 0.962. The highest BCUT2D eigenvalue weighted by Gasteiger charge is 2.22. The second kappa shape index (κ2) is 9.89. The summed E-state index contributed by atoms with van der Waals surface area (Å²) >= 11 is 1.55. The molecule has 1 aromatic heterocycles. The van der Waals surface area contributed by atoms with E-state index in [0.717, 1.165) is 28.0 Å². The number of para-hydroxylation sites is 1. The zero-order valence-electron chi connectivity index (χ0n) is 18.8. The maximum absolute atomic E-state index is 13.8. The molecule has 5 rings (SSSR count). The Kier molecular flexibility index (Phi) is 6.36. The van der Waals surface area contributed by atoms with E-state index in [1.807, 2.05) is 84.9 Å². The van der Waals surface area contributed by atoms with Crippen LogP contribution >= 0.6 is 11.3 Å². The summed E-state index contributed by atoms with van der Waals surface area (Å²) < 4.78 is 7.05. The Bertz CT molecular complexity index is 1410. The van der Waals surface area contributed by atoms with Crippen LogP contribution in [-0.2, 0) is 13.0 Å². The highest BCUT2D eigenvalue weighted by Crippen LogP contribution is 2.32. The third kappa shape index (κ3) is 4.85. The minimum atomic E-state index is -0.114. The van der Waals surface area contributed by atoms with Gasteiger partial charge in [-0.15, -0.1) is 0 Å². The van der Waals surface area contributed by atoms with Crippen LogP contribution < -0.4 is 9.64 Å². The van der Waals surface area contributed by atoms with E-state index in [1.165, 1.54) is 5.56 Å². The first-order chi connectivity index (χ1) is 16.7. The second-order valence-corrected chi connectivity index (χ2v) is 8.98. The lowest BCUT2D eigenvalue weighted by Gasteiger charge is -2.20. The largest absolute Gasteiger partial charge is 0.457 e. The topological polar surface area (TPSA) is 42.4 Å². The number of hydrogen-bond donors (Lipinski definition) is 0. The fourth-order valence-electron chi connectivity index (χ4n) is 3.76. The summed E-state index contributed by atoms with van der Waals surface area (Å²) in [7, 11) is 0. The van der Waals surface area contributed by atoms with Crippen molar-refractivity contribution in [2.45, 2.75) is 19.9 Å². The zero-order chi connectivity index (χ0) is 23.3. The van der Waals surface area contributed by atoms with Gasteiger partial charge in [0.1, 0.15) is 11.5 Å². The average Bonchev–Trinajstić information content (AvgIpc) is 3.31. The normalized spacial score (nSPS) is 10.9. The molecule has 0 saturated heterocycles. The van der Waals surface area contributed by atoms with Crippen molar-refractivity contribution in [2.75, 3.05) is 4.90 Å². The molecule has 1 amide bonds. The van der Waals surface area contributed by atoms with Crippen molar-refractivity contribution < 1.29 is 9.53 Å². The minimum Gasteiger partial charge on any atom is -0.457 e. The number of thiazole rings is 1. The molecule has 0 fully saturated rings. The predicted octanol–water partition coefficient (Wildman–Crippen LogP) is 7.50. The number of hydrogen-bond acceptors (Lipinski definition) is 4. The molecule has 4 nitrogen and oxygen atoms in total. The van der Waals surface area contributed by atoms with E-state index >= 15 is 0 Å². The summed E-state index contributed by atoms with van der Waals surface area (Å²) in [6, 6.07) is 33.2. The maximum Gasteiger partial charge on any atom is 0.260 e. The molecule has 168 valence electrons. The number of rotatable bonds is 7. The van der Waals surface area contributed by atoms with E-state index in [4.69, 9.17) is 9.72 Å². The number of fused-ring (bicyclic) bond motifs is 1. The van der Waals surface area contributed by atoms with Gasteiger partial charge in [-0.1, -0.05) is 78.9 Å². The van der Waals surface area contributed by atoms with Crippen molar-refractivity contribution in [2.24, 2.45) is 0 Å². The van der Waals surface area contributed by atoms with Gasteiger partial charge in [0.05, 0.1) is 16.8 Å². The van der Waals surface area contributed by atoms with Crippen molar-refractivity contribution in [3.8, 4) is 11.5 Å². The number of amides is 1. The number of benzene rings is 4. The molecular weight excluding hydrogens is 440 g/mol. The van der Waals surface area contributed by atoms with Gasteiger partial charge < -0.3 is 4.74 Å². The van der Waals surface area contributed by atoms with E-state index in [-0.39, 0.29) is 5.91 Å². The molecule has 0 unspecified atom stereocenters.